The number of epoxide rings is 1. The van der Waals surface area contributed by atoms with Crippen molar-refractivity contribution in [3.05, 3.63) is 0 Å². The van der Waals surface area contributed by atoms with E-state index in [1.54, 1.807) is 12.0 Å². The highest BCUT2D eigenvalue weighted by Crippen LogP contribution is 2.62. The maximum Gasteiger partial charge on any atom is 0.315 e. The van der Waals surface area contributed by atoms with Crippen LogP contribution < -0.4 is 4.90 Å². The minimum atomic E-state index is 0.0728. The Morgan fingerprint density at radius 2 is 2.15 bits per heavy atom. The van der Waals surface area contributed by atoms with Crippen LogP contribution in [0.2, 0.25) is 0 Å². The van der Waals surface area contributed by atoms with Gasteiger partial charge in [0.1, 0.15) is 18.1 Å². The molecule has 8 atom stereocenters. The Morgan fingerprint density at radius 1 is 1.31 bits per heavy atom. The van der Waals surface area contributed by atoms with Crippen LogP contribution in [-0.2, 0) is 19.0 Å². The van der Waals surface area contributed by atoms with E-state index in [1.165, 1.54) is 38.6 Å². The lowest BCUT2D eigenvalue weighted by Crippen LogP contribution is -3.15. The van der Waals surface area contributed by atoms with Gasteiger partial charge in [0.15, 0.2) is 0 Å². The standard InChI is InChI=1S/C21H33NO4/c1-20-6-4-7-21(13-25-21)18(20)9-15-16(19(23)26-17(15)10-20)11-22-8-3-5-14(22)12-24-2/h14-18H,3-13H2,1-2H3/p+1/t14-,15-,16-,17-,18+,20-,21-/m1/s1. The van der Waals surface area contributed by atoms with Crippen LogP contribution in [-0.4, -0.2) is 57.1 Å². The van der Waals surface area contributed by atoms with E-state index in [2.05, 4.69) is 6.92 Å². The summed E-state index contributed by atoms with van der Waals surface area (Å²) in [5.74, 6) is 1.17. The van der Waals surface area contributed by atoms with Crippen molar-refractivity contribution in [2.45, 2.75) is 69.6 Å². The van der Waals surface area contributed by atoms with Crippen LogP contribution in [0.1, 0.15) is 51.9 Å². The number of rotatable bonds is 4. The fourth-order valence-electron chi connectivity index (χ4n) is 7.13. The Morgan fingerprint density at radius 3 is 2.92 bits per heavy atom. The second-order valence-electron chi connectivity index (χ2n) is 10.0. The zero-order valence-electron chi connectivity index (χ0n) is 16.3. The number of carbonyl (C=O) groups excluding carboxylic acids is 1. The molecule has 0 aromatic carbocycles. The predicted molar refractivity (Wildman–Crippen MR) is 95.8 cm³/mol. The third-order valence-corrected chi connectivity index (χ3v) is 8.56. The van der Waals surface area contributed by atoms with Crippen LogP contribution in [0.15, 0.2) is 0 Å². The van der Waals surface area contributed by atoms with E-state index >= 15 is 0 Å². The SMILES string of the molecule is COC[C@H]1CCC[NH+]1C[C@H]1C(=O)O[C@@H]2C[C@@]3(C)CCC[C@@]4(CO4)[C@H]3C[C@@H]21. The lowest BCUT2D eigenvalue weighted by Gasteiger charge is -2.51. The van der Waals surface area contributed by atoms with Crippen LogP contribution in [0, 0.1) is 23.2 Å². The molecule has 2 saturated carbocycles. The number of esters is 1. The molecule has 146 valence electrons. The molecule has 0 amide bonds. The molecule has 5 fully saturated rings. The Balaban J connectivity index is 1.34. The first-order valence-corrected chi connectivity index (χ1v) is 10.7. The highest BCUT2D eigenvalue weighted by Gasteiger charge is 2.65. The summed E-state index contributed by atoms with van der Waals surface area (Å²) in [5, 5.41) is 0. The fraction of sp³-hybridized carbons (Fsp3) is 0.952. The highest BCUT2D eigenvalue weighted by atomic mass is 16.6. The second-order valence-corrected chi connectivity index (χ2v) is 10.0. The van der Waals surface area contributed by atoms with Crippen LogP contribution >= 0.6 is 0 Å². The number of quaternary nitrogens is 1. The molecule has 1 unspecified atom stereocenters. The van der Waals surface area contributed by atoms with Gasteiger partial charge in [-0.15, -0.1) is 0 Å². The van der Waals surface area contributed by atoms with Gasteiger partial charge in [0.05, 0.1) is 31.9 Å². The largest absolute Gasteiger partial charge is 0.462 e. The van der Waals surface area contributed by atoms with Crippen molar-refractivity contribution in [3.63, 3.8) is 0 Å². The quantitative estimate of drug-likeness (QED) is 0.602. The minimum Gasteiger partial charge on any atom is -0.462 e. The summed E-state index contributed by atoms with van der Waals surface area (Å²) < 4.78 is 17.4. The Kier molecular flexibility index (Phi) is 4.15. The molecule has 26 heavy (non-hydrogen) atoms. The summed E-state index contributed by atoms with van der Waals surface area (Å²) in [6, 6.07) is 0.550. The molecule has 3 saturated heterocycles. The molecule has 5 heteroatoms. The van der Waals surface area contributed by atoms with E-state index < -0.39 is 0 Å². The smallest absolute Gasteiger partial charge is 0.315 e. The lowest BCUT2D eigenvalue weighted by atomic mass is 9.53. The van der Waals surface area contributed by atoms with Gasteiger partial charge in [0.25, 0.3) is 0 Å². The molecule has 5 nitrogen and oxygen atoms in total. The Hall–Kier alpha value is -0.650. The molecule has 3 heterocycles. The number of fused-ring (bicyclic) bond motifs is 3. The summed E-state index contributed by atoms with van der Waals surface area (Å²) in [6.07, 6.45) is 8.53. The lowest BCUT2D eigenvalue weighted by molar-refractivity contribution is -0.915. The number of hydrogen-bond acceptors (Lipinski definition) is 4. The predicted octanol–water partition coefficient (Wildman–Crippen LogP) is 1.21. The van der Waals surface area contributed by atoms with E-state index in [0.717, 1.165) is 32.6 Å². The third-order valence-electron chi connectivity index (χ3n) is 8.56. The van der Waals surface area contributed by atoms with Gasteiger partial charge in [-0.1, -0.05) is 6.92 Å². The van der Waals surface area contributed by atoms with Crippen molar-refractivity contribution in [3.8, 4) is 0 Å². The van der Waals surface area contributed by atoms with E-state index in [1.807, 2.05) is 0 Å². The van der Waals surface area contributed by atoms with Gasteiger partial charge < -0.3 is 19.1 Å². The fourth-order valence-corrected chi connectivity index (χ4v) is 7.13. The van der Waals surface area contributed by atoms with Crippen molar-refractivity contribution >= 4 is 5.97 Å². The van der Waals surface area contributed by atoms with E-state index in [9.17, 15) is 4.79 Å². The first-order chi connectivity index (χ1) is 12.5. The third kappa shape index (κ3) is 2.65. The molecule has 1 spiro atoms. The average Bonchev–Trinajstić information content (AvgIpc) is 3.12. The van der Waals surface area contributed by atoms with Crippen LogP contribution in [0.5, 0.6) is 0 Å². The second kappa shape index (κ2) is 6.18. The van der Waals surface area contributed by atoms with Gasteiger partial charge in [-0.2, -0.15) is 0 Å². The first-order valence-electron chi connectivity index (χ1n) is 10.7. The summed E-state index contributed by atoms with van der Waals surface area (Å²) in [5.41, 5.74) is 0.442. The molecule has 3 aliphatic heterocycles. The van der Waals surface area contributed by atoms with Gasteiger partial charge in [0, 0.05) is 25.9 Å². The molecule has 1 N–H and O–H groups in total. The topological polar surface area (TPSA) is 52.5 Å². The molecule has 2 aliphatic carbocycles. The van der Waals surface area contributed by atoms with E-state index in [-0.39, 0.29) is 23.6 Å². The van der Waals surface area contributed by atoms with Crippen LogP contribution in [0.25, 0.3) is 0 Å². The van der Waals surface area contributed by atoms with Crippen LogP contribution in [0.3, 0.4) is 0 Å². The van der Waals surface area contributed by atoms with Gasteiger partial charge in [-0.05, 0) is 43.4 Å². The van der Waals surface area contributed by atoms with Gasteiger partial charge in [0.2, 0.25) is 0 Å². The van der Waals surface area contributed by atoms with Crippen molar-refractivity contribution in [2.75, 3.05) is 33.4 Å². The first kappa shape index (κ1) is 17.4. The van der Waals surface area contributed by atoms with E-state index in [0.29, 0.717) is 23.3 Å². The number of likely N-dealkylation sites (tertiary alicyclic amines) is 1. The molecular formula is C21H34NO4+. The van der Waals surface area contributed by atoms with Gasteiger partial charge in [-0.25, -0.2) is 0 Å². The maximum absolute atomic E-state index is 12.8. The monoisotopic (exact) mass is 364 g/mol. The number of ether oxygens (including phenoxy) is 3. The van der Waals surface area contributed by atoms with Crippen LogP contribution in [0.4, 0.5) is 0 Å². The minimum absolute atomic E-state index is 0.0728. The molecule has 0 radical (unpaired) electrons. The number of carbonyl (C=O) groups is 1. The highest BCUT2D eigenvalue weighted by molar-refractivity contribution is 5.75. The van der Waals surface area contributed by atoms with Crippen molar-refractivity contribution in [2.24, 2.45) is 23.2 Å². The number of hydrogen-bond donors (Lipinski definition) is 1. The molecule has 5 rings (SSSR count). The molecule has 5 aliphatic rings. The maximum atomic E-state index is 12.8. The Labute approximate surface area is 156 Å². The summed E-state index contributed by atoms with van der Waals surface area (Å²) in [6.45, 7) is 6.28. The molecule has 0 bridgehead atoms. The van der Waals surface area contributed by atoms with Crippen molar-refractivity contribution in [1.29, 1.82) is 0 Å². The average molecular weight is 365 g/mol. The summed E-state index contributed by atoms with van der Waals surface area (Å²) in [4.78, 5) is 14.3. The van der Waals surface area contributed by atoms with Gasteiger partial charge >= 0.3 is 5.97 Å². The zero-order chi connectivity index (χ0) is 17.9. The summed E-state index contributed by atoms with van der Waals surface area (Å²) >= 11 is 0. The molecule has 0 aromatic heterocycles. The summed E-state index contributed by atoms with van der Waals surface area (Å²) in [7, 11) is 1.79. The van der Waals surface area contributed by atoms with E-state index in [4.69, 9.17) is 14.2 Å². The van der Waals surface area contributed by atoms with Crippen molar-refractivity contribution in [1.82, 2.24) is 0 Å². The zero-order valence-corrected chi connectivity index (χ0v) is 16.3. The molecular weight excluding hydrogens is 330 g/mol. The molecule has 0 aromatic rings. The van der Waals surface area contributed by atoms with Gasteiger partial charge in [-0.3, -0.25) is 4.79 Å². The van der Waals surface area contributed by atoms with Crippen molar-refractivity contribution < 1.29 is 23.9 Å². The normalized spacial score (nSPS) is 52.6. The number of nitrogens with one attached hydrogen (secondary N) is 1. The number of methoxy groups -OCH3 is 1. The Bertz CT molecular complexity index is 576.